The molecule has 0 saturated heterocycles. The van der Waals surface area contributed by atoms with E-state index in [4.69, 9.17) is 0 Å². The number of nitrogens with zero attached hydrogens (tertiary/aromatic N) is 1. The van der Waals surface area contributed by atoms with Gasteiger partial charge in [0.05, 0.1) is 13.0 Å². The monoisotopic (exact) mass is 458 g/mol. The molecule has 1 aromatic carbocycles. The van der Waals surface area contributed by atoms with Crippen LogP contribution in [0.4, 0.5) is 13.2 Å². The molecule has 1 aromatic rings. The van der Waals surface area contributed by atoms with Crippen LogP contribution in [0.1, 0.15) is 23.7 Å². The normalized spacial score (nSPS) is 11.4. The van der Waals surface area contributed by atoms with Gasteiger partial charge in [-0.25, -0.2) is 0 Å². The third-order valence-corrected chi connectivity index (χ3v) is 2.75. The maximum absolute atomic E-state index is 12.1. The molecule has 0 heterocycles. The Hall–Kier alpha value is -1.52. The van der Waals surface area contributed by atoms with Gasteiger partial charge in [0.25, 0.3) is 5.91 Å². The van der Waals surface area contributed by atoms with Crippen LogP contribution in [0.15, 0.2) is 35.3 Å². The van der Waals surface area contributed by atoms with Crippen molar-refractivity contribution in [1.82, 2.24) is 16.0 Å². The summed E-state index contributed by atoms with van der Waals surface area (Å²) in [7, 11) is 0. The Balaban J connectivity index is 0.00000529. The number of carbonyl (C=O) groups is 1. The van der Waals surface area contributed by atoms with Gasteiger partial charge in [-0.3, -0.25) is 9.79 Å². The Morgan fingerprint density at radius 2 is 1.71 bits per heavy atom. The van der Waals surface area contributed by atoms with Crippen molar-refractivity contribution in [1.29, 1.82) is 0 Å². The molecular formula is C15H22F3IN4O. The van der Waals surface area contributed by atoms with Crippen molar-refractivity contribution in [2.75, 3.05) is 26.2 Å². The lowest BCUT2D eigenvalue weighted by molar-refractivity contribution is -0.132. The molecule has 0 atom stereocenters. The van der Waals surface area contributed by atoms with Gasteiger partial charge in [0.15, 0.2) is 5.96 Å². The summed E-state index contributed by atoms with van der Waals surface area (Å²) in [5.74, 6) is 0.0946. The third-order valence-electron chi connectivity index (χ3n) is 2.75. The number of alkyl halides is 3. The lowest BCUT2D eigenvalue weighted by Crippen LogP contribution is -2.41. The molecule has 1 rings (SSSR count). The SMILES string of the molecule is CCNC(=NCCC(F)(F)F)NCCNC(=O)c1ccccc1.I. The Labute approximate surface area is 156 Å². The Kier molecular flexibility index (Phi) is 11.2. The summed E-state index contributed by atoms with van der Waals surface area (Å²) < 4.78 is 36.3. The average Bonchev–Trinajstić information content (AvgIpc) is 2.51. The minimum atomic E-state index is -4.22. The van der Waals surface area contributed by atoms with Gasteiger partial charge in [0, 0.05) is 25.2 Å². The van der Waals surface area contributed by atoms with Crippen LogP contribution in [0.2, 0.25) is 0 Å². The zero-order chi connectivity index (χ0) is 17.1. The standard InChI is InChI=1S/C15H21F3N4O.HI/c1-2-19-14(21-9-8-15(16,17)18)22-11-10-20-13(23)12-6-4-3-5-7-12;/h3-7H,2,8-11H2,1H3,(H,20,23)(H2,19,21,22);1H. The summed E-state index contributed by atoms with van der Waals surface area (Å²) in [6, 6.07) is 8.75. The highest BCUT2D eigenvalue weighted by Gasteiger charge is 2.26. The fourth-order valence-corrected chi connectivity index (χ4v) is 1.68. The van der Waals surface area contributed by atoms with Crippen LogP contribution in [0, 0.1) is 0 Å². The van der Waals surface area contributed by atoms with Crippen molar-refractivity contribution < 1.29 is 18.0 Å². The predicted octanol–water partition coefficient (Wildman–Crippen LogP) is 2.54. The Morgan fingerprint density at radius 3 is 2.29 bits per heavy atom. The van der Waals surface area contributed by atoms with Crippen molar-refractivity contribution in [2.45, 2.75) is 19.5 Å². The van der Waals surface area contributed by atoms with Crippen LogP contribution in [0.3, 0.4) is 0 Å². The molecule has 0 aliphatic rings. The summed E-state index contributed by atoms with van der Waals surface area (Å²) in [6.45, 7) is 2.70. The van der Waals surface area contributed by atoms with E-state index in [0.29, 0.717) is 31.2 Å². The minimum absolute atomic E-state index is 0. The van der Waals surface area contributed by atoms with Crippen LogP contribution in [-0.4, -0.2) is 44.2 Å². The number of carbonyl (C=O) groups excluding carboxylic acids is 1. The van der Waals surface area contributed by atoms with Crippen molar-refractivity contribution >= 4 is 35.8 Å². The van der Waals surface area contributed by atoms with E-state index >= 15 is 0 Å². The summed E-state index contributed by atoms with van der Waals surface area (Å²) in [4.78, 5) is 15.6. The molecule has 24 heavy (non-hydrogen) atoms. The van der Waals surface area contributed by atoms with Crippen molar-refractivity contribution in [3.05, 3.63) is 35.9 Å². The first-order valence-corrected chi connectivity index (χ1v) is 7.34. The molecule has 0 spiro atoms. The molecule has 0 aliphatic carbocycles. The van der Waals surface area contributed by atoms with Gasteiger partial charge in [-0.2, -0.15) is 13.2 Å². The Bertz CT molecular complexity index is 509. The van der Waals surface area contributed by atoms with Crippen LogP contribution in [-0.2, 0) is 0 Å². The first kappa shape index (κ1) is 22.5. The second-order valence-electron chi connectivity index (χ2n) is 4.67. The summed E-state index contributed by atoms with van der Waals surface area (Å²) in [6.07, 6.45) is -5.18. The number of rotatable bonds is 7. The number of hydrogen-bond acceptors (Lipinski definition) is 2. The zero-order valence-electron chi connectivity index (χ0n) is 13.3. The molecule has 5 nitrogen and oxygen atoms in total. The second kappa shape index (κ2) is 11.9. The number of nitrogens with one attached hydrogen (secondary N) is 3. The van der Waals surface area contributed by atoms with E-state index in [0.717, 1.165) is 0 Å². The smallest absolute Gasteiger partial charge is 0.357 e. The maximum Gasteiger partial charge on any atom is 0.390 e. The fourth-order valence-electron chi connectivity index (χ4n) is 1.68. The van der Waals surface area contributed by atoms with Crippen LogP contribution in [0.25, 0.3) is 0 Å². The van der Waals surface area contributed by atoms with Gasteiger partial charge in [0.1, 0.15) is 0 Å². The maximum atomic E-state index is 12.1. The molecule has 0 bridgehead atoms. The summed E-state index contributed by atoms with van der Waals surface area (Å²) in [5, 5.41) is 8.43. The molecule has 3 N–H and O–H groups in total. The lowest BCUT2D eigenvalue weighted by atomic mass is 10.2. The molecule has 0 fully saturated rings. The van der Waals surface area contributed by atoms with E-state index in [1.807, 2.05) is 13.0 Å². The van der Waals surface area contributed by atoms with Gasteiger partial charge in [-0.05, 0) is 19.1 Å². The number of aliphatic imine (C=N–C) groups is 1. The molecule has 136 valence electrons. The lowest BCUT2D eigenvalue weighted by Gasteiger charge is -2.12. The second-order valence-corrected chi connectivity index (χ2v) is 4.67. The number of amides is 1. The van der Waals surface area contributed by atoms with Crippen molar-refractivity contribution in [2.24, 2.45) is 4.99 Å². The summed E-state index contributed by atoms with van der Waals surface area (Å²) >= 11 is 0. The van der Waals surface area contributed by atoms with Crippen molar-refractivity contribution in [3.8, 4) is 0 Å². The minimum Gasteiger partial charge on any atom is -0.357 e. The number of guanidine groups is 1. The molecule has 1 amide bonds. The highest BCUT2D eigenvalue weighted by molar-refractivity contribution is 14.0. The quantitative estimate of drug-likeness (QED) is 0.255. The van der Waals surface area contributed by atoms with Crippen LogP contribution < -0.4 is 16.0 Å². The van der Waals surface area contributed by atoms with Gasteiger partial charge >= 0.3 is 6.18 Å². The van der Waals surface area contributed by atoms with E-state index in [1.165, 1.54) is 0 Å². The molecule has 0 aliphatic heterocycles. The van der Waals surface area contributed by atoms with Crippen LogP contribution in [0.5, 0.6) is 0 Å². The predicted molar refractivity (Wildman–Crippen MR) is 98.8 cm³/mol. The highest BCUT2D eigenvalue weighted by atomic mass is 127. The zero-order valence-corrected chi connectivity index (χ0v) is 15.7. The molecular weight excluding hydrogens is 436 g/mol. The van der Waals surface area contributed by atoms with Crippen molar-refractivity contribution in [3.63, 3.8) is 0 Å². The number of halogens is 4. The van der Waals surface area contributed by atoms with E-state index in [1.54, 1.807) is 24.3 Å². The first-order valence-electron chi connectivity index (χ1n) is 7.34. The Morgan fingerprint density at radius 1 is 1.08 bits per heavy atom. The van der Waals surface area contributed by atoms with E-state index in [-0.39, 0.29) is 36.4 Å². The third kappa shape index (κ3) is 10.3. The number of benzene rings is 1. The van der Waals surface area contributed by atoms with E-state index in [2.05, 4.69) is 20.9 Å². The van der Waals surface area contributed by atoms with Crippen LogP contribution >= 0.6 is 24.0 Å². The van der Waals surface area contributed by atoms with E-state index < -0.39 is 12.6 Å². The molecule has 0 unspecified atom stereocenters. The van der Waals surface area contributed by atoms with Gasteiger partial charge in [0.2, 0.25) is 0 Å². The fraction of sp³-hybridized carbons (Fsp3) is 0.467. The largest absolute Gasteiger partial charge is 0.390 e. The molecule has 0 radical (unpaired) electrons. The first-order chi connectivity index (χ1) is 10.9. The molecule has 0 aromatic heterocycles. The van der Waals surface area contributed by atoms with Gasteiger partial charge in [-0.15, -0.1) is 24.0 Å². The average molecular weight is 458 g/mol. The molecule has 0 saturated carbocycles. The molecule has 9 heteroatoms. The highest BCUT2D eigenvalue weighted by Crippen LogP contribution is 2.18. The summed E-state index contributed by atoms with van der Waals surface area (Å²) in [5.41, 5.74) is 0.554. The van der Waals surface area contributed by atoms with Gasteiger partial charge in [-0.1, -0.05) is 18.2 Å². The number of hydrogen-bond donors (Lipinski definition) is 3. The van der Waals surface area contributed by atoms with Gasteiger partial charge < -0.3 is 16.0 Å². The van der Waals surface area contributed by atoms with E-state index in [9.17, 15) is 18.0 Å². The topological polar surface area (TPSA) is 65.5 Å².